The van der Waals surface area contributed by atoms with Crippen LogP contribution in [0.25, 0.3) is 22.2 Å². The Morgan fingerprint density at radius 1 is 1.22 bits per heavy atom. The van der Waals surface area contributed by atoms with Crippen molar-refractivity contribution in [2.45, 2.75) is 0 Å². The number of aromatic nitrogens is 4. The summed E-state index contributed by atoms with van der Waals surface area (Å²) in [7, 11) is 0. The van der Waals surface area contributed by atoms with Gasteiger partial charge in [-0.25, -0.2) is 15.0 Å². The van der Waals surface area contributed by atoms with Crippen molar-refractivity contribution in [3.8, 4) is 11.3 Å². The van der Waals surface area contributed by atoms with E-state index in [0.717, 1.165) is 41.1 Å². The number of hydrogen-bond acceptors (Lipinski definition) is 6. The van der Waals surface area contributed by atoms with Crippen LogP contribution in [0.15, 0.2) is 35.6 Å². The van der Waals surface area contributed by atoms with Gasteiger partial charge in [-0.2, -0.15) is 5.10 Å². The molecule has 0 radical (unpaired) electrons. The van der Waals surface area contributed by atoms with Crippen LogP contribution in [0.1, 0.15) is 0 Å². The number of ether oxygens (including phenoxy) is 1. The van der Waals surface area contributed by atoms with Crippen LogP contribution < -0.4 is 4.90 Å². The molecule has 0 atom stereocenters. The number of anilines is 1. The second-order valence-corrected chi connectivity index (χ2v) is 5.30. The van der Waals surface area contributed by atoms with Crippen molar-refractivity contribution in [1.82, 2.24) is 20.2 Å². The molecule has 1 aliphatic heterocycles. The molecule has 1 saturated heterocycles. The second-order valence-electron chi connectivity index (χ2n) is 5.30. The maximum Gasteiger partial charge on any atom is 0.195 e. The number of nitrogens with one attached hydrogen (secondary N) is 1. The van der Waals surface area contributed by atoms with Gasteiger partial charge in [-0.1, -0.05) is 12.1 Å². The van der Waals surface area contributed by atoms with Gasteiger partial charge in [0.1, 0.15) is 0 Å². The van der Waals surface area contributed by atoms with Crippen molar-refractivity contribution in [2.24, 2.45) is 4.99 Å². The van der Waals surface area contributed by atoms with E-state index in [0.29, 0.717) is 19.0 Å². The third-order valence-electron chi connectivity index (χ3n) is 3.96. The number of H-pyrrole nitrogens is 1. The zero-order chi connectivity index (χ0) is 15.6. The van der Waals surface area contributed by atoms with Gasteiger partial charge in [-0.05, 0) is 12.8 Å². The molecule has 7 heteroatoms. The molecular formula is C16H16N6O. The topological polar surface area (TPSA) is 79.3 Å². The summed E-state index contributed by atoms with van der Waals surface area (Å²) >= 11 is 0. The van der Waals surface area contributed by atoms with Gasteiger partial charge in [-0.15, -0.1) is 0 Å². The maximum atomic E-state index is 5.41. The Hall–Kier alpha value is -2.80. The van der Waals surface area contributed by atoms with E-state index in [1.165, 1.54) is 0 Å². The van der Waals surface area contributed by atoms with Gasteiger partial charge in [0.15, 0.2) is 11.6 Å². The van der Waals surface area contributed by atoms with Crippen LogP contribution in [-0.4, -0.2) is 53.2 Å². The lowest BCUT2D eigenvalue weighted by atomic mass is 10.1. The Kier molecular flexibility index (Phi) is 3.47. The molecule has 0 spiro atoms. The van der Waals surface area contributed by atoms with Crippen molar-refractivity contribution in [3.63, 3.8) is 0 Å². The monoisotopic (exact) mass is 308 g/mol. The summed E-state index contributed by atoms with van der Waals surface area (Å²) in [6, 6.07) is 5.99. The first-order valence-electron chi connectivity index (χ1n) is 7.46. The summed E-state index contributed by atoms with van der Waals surface area (Å²) in [5, 5.41) is 8.10. The largest absolute Gasteiger partial charge is 0.378 e. The first-order chi connectivity index (χ1) is 11.4. The third kappa shape index (κ3) is 2.44. The lowest BCUT2D eigenvalue weighted by Gasteiger charge is -2.28. The van der Waals surface area contributed by atoms with E-state index in [1.54, 1.807) is 12.4 Å². The average molecular weight is 308 g/mol. The number of fused-ring (bicyclic) bond motifs is 1. The Labute approximate surface area is 133 Å². The molecule has 3 aromatic rings. The van der Waals surface area contributed by atoms with Crippen LogP contribution in [0, 0.1) is 0 Å². The molecule has 0 saturated carbocycles. The molecule has 0 bridgehead atoms. The predicted molar refractivity (Wildman–Crippen MR) is 89.4 cm³/mol. The fourth-order valence-electron chi connectivity index (χ4n) is 2.79. The Bertz CT molecular complexity index is 853. The molecule has 4 rings (SSSR count). The maximum absolute atomic E-state index is 5.41. The van der Waals surface area contributed by atoms with E-state index < -0.39 is 0 Å². The summed E-state index contributed by atoms with van der Waals surface area (Å²) < 4.78 is 5.41. The molecule has 0 aliphatic carbocycles. The van der Waals surface area contributed by atoms with E-state index in [-0.39, 0.29) is 0 Å². The molecule has 1 aliphatic rings. The van der Waals surface area contributed by atoms with Gasteiger partial charge in [0.05, 0.1) is 36.8 Å². The van der Waals surface area contributed by atoms with Gasteiger partial charge in [0.2, 0.25) is 0 Å². The van der Waals surface area contributed by atoms with Gasteiger partial charge < -0.3 is 9.64 Å². The second kappa shape index (κ2) is 5.77. The standard InChI is InChI=1S/C16H16N6O/c1-17-15-16(22-5-7-23-8-6-22)20-14(10-18-15)11-3-2-4-13-12(11)9-19-21-13/h2-4,9-10H,1,5-8H2,(H,19,21). The van der Waals surface area contributed by atoms with Crippen LogP contribution in [0.3, 0.4) is 0 Å². The van der Waals surface area contributed by atoms with Crippen LogP contribution in [0.2, 0.25) is 0 Å². The minimum atomic E-state index is 0.551. The highest BCUT2D eigenvalue weighted by Crippen LogP contribution is 2.31. The first-order valence-corrected chi connectivity index (χ1v) is 7.46. The quantitative estimate of drug-likeness (QED) is 0.750. The van der Waals surface area contributed by atoms with Gasteiger partial charge >= 0.3 is 0 Å². The summed E-state index contributed by atoms with van der Waals surface area (Å²) in [4.78, 5) is 15.4. The van der Waals surface area contributed by atoms with Gasteiger partial charge in [-0.3, -0.25) is 5.10 Å². The van der Waals surface area contributed by atoms with E-state index in [2.05, 4.69) is 31.8 Å². The van der Waals surface area contributed by atoms with Crippen LogP contribution in [0.5, 0.6) is 0 Å². The number of nitrogens with zero attached hydrogens (tertiary/aromatic N) is 5. The number of aromatic amines is 1. The SMILES string of the molecule is C=Nc1ncc(-c2cccc3[nH]ncc23)nc1N1CCOCC1. The molecule has 7 nitrogen and oxygen atoms in total. The van der Waals surface area contributed by atoms with E-state index in [1.807, 2.05) is 18.2 Å². The number of benzene rings is 1. The van der Waals surface area contributed by atoms with E-state index in [9.17, 15) is 0 Å². The molecule has 1 N–H and O–H groups in total. The van der Waals surface area contributed by atoms with Crippen molar-refractivity contribution in [1.29, 1.82) is 0 Å². The van der Waals surface area contributed by atoms with Crippen LogP contribution in [-0.2, 0) is 4.74 Å². The third-order valence-corrected chi connectivity index (χ3v) is 3.96. The summed E-state index contributed by atoms with van der Waals surface area (Å²) in [6.07, 6.45) is 3.54. The zero-order valence-corrected chi connectivity index (χ0v) is 12.6. The highest BCUT2D eigenvalue weighted by Gasteiger charge is 2.18. The number of aliphatic imine (C=N–C) groups is 1. The number of morpholine rings is 1. The molecule has 23 heavy (non-hydrogen) atoms. The Morgan fingerprint density at radius 3 is 2.91 bits per heavy atom. The highest BCUT2D eigenvalue weighted by molar-refractivity contribution is 5.93. The Morgan fingerprint density at radius 2 is 2.09 bits per heavy atom. The van der Waals surface area contributed by atoms with Gasteiger partial charge in [0.25, 0.3) is 0 Å². The first kappa shape index (κ1) is 13.8. The van der Waals surface area contributed by atoms with Crippen molar-refractivity contribution in [3.05, 3.63) is 30.6 Å². The van der Waals surface area contributed by atoms with Crippen molar-refractivity contribution >= 4 is 29.3 Å². The fourth-order valence-corrected chi connectivity index (χ4v) is 2.79. The molecule has 1 aromatic carbocycles. The highest BCUT2D eigenvalue weighted by atomic mass is 16.5. The molecular weight excluding hydrogens is 292 g/mol. The molecule has 1 fully saturated rings. The zero-order valence-electron chi connectivity index (χ0n) is 12.6. The normalized spacial score (nSPS) is 15.0. The fraction of sp³-hybridized carbons (Fsp3) is 0.250. The molecule has 0 amide bonds. The molecule has 0 unspecified atom stereocenters. The van der Waals surface area contributed by atoms with E-state index in [4.69, 9.17) is 9.72 Å². The summed E-state index contributed by atoms with van der Waals surface area (Å²) in [5.74, 6) is 1.30. The van der Waals surface area contributed by atoms with E-state index >= 15 is 0 Å². The summed E-state index contributed by atoms with van der Waals surface area (Å²) in [5.41, 5.74) is 2.77. The summed E-state index contributed by atoms with van der Waals surface area (Å²) in [6.45, 7) is 6.51. The lowest BCUT2D eigenvalue weighted by Crippen LogP contribution is -2.37. The van der Waals surface area contributed by atoms with Crippen molar-refractivity contribution in [2.75, 3.05) is 31.2 Å². The van der Waals surface area contributed by atoms with Crippen LogP contribution in [0.4, 0.5) is 11.6 Å². The number of rotatable bonds is 3. The number of hydrogen-bond donors (Lipinski definition) is 1. The predicted octanol–water partition coefficient (Wildman–Crippen LogP) is 2.19. The molecule has 116 valence electrons. The molecule has 3 heterocycles. The Balaban J connectivity index is 1.83. The molecule has 2 aromatic heterocycles. The lowest BCUT2D eigenvalue weighted by molar-refractivity contribution is 0.122. The smallest absolute Gasteiger partial charge is 0.195 e. The van der Waals surface area contributed by atoms with Crippen molar-refractivity contribution < 1.29 is 4.74 Å². The minimum absolute atomic E-state index is 0.551. The average Bonchev–Trinajstić information content (AvgIpc) is 3.10. The van der Waals surface area contributed by atoms with Gasteiger partial charge in [0, 0.05) is 24.0 Å². The van der Waals surface area contributed by atoms with Crippen LogP contribution >= 0.6 is 0 Å². The minimum Gasteiger partial charge on any atom is -0.378 e.